The van der Waals surface area contributed by atoms with E-state index in [0.717, 1.165) is 38.3 Å². The van der Waals surface area contributed by atoms with Gasteiger partial charge in [-0.3, -0.25) is 4.79 Å². The highest BCUT2D eigenvalue weighted by Crippen LogP contribution is 2.01. The summed E-state index contributed by atoms with van der Waals surface area (Å²) < 4.78 is 0. The molecule has 1 fully saturated rings. The van der Waals surface area contributed by atoms with Crippen LogP contribution in [0.3, 0.4) is 0 Å². The van der Waals surface area contributed by atoms with Crippen molar-refractivity contribution in [1.82, 2.24) is 15.1 Å². The molecule has 4 nitrogen and oxygen atoms in total. The zero-order chi connectivity index (χ0) is 13.5. The molecule has 1 saturated heterocycles. The molecule has 1 aliphatic heterocycles. The van der Waals surface area contributed by atoms with Crippen molar-refractivity contribution in [1.29, 1.82) is 0 Å². The number of likely N-dealkylation sites (N-methyl/N-ethyl adjacent to an activating group) is 1. The third kappa shape index (κ3) is 5.01. The van der Waals surface area contributed by atoms with Crippen LogP contribution in [0.1, 0.15) is 12.0 Å². The second-order valence-electron chi connectivity index (χ2n) is 5.16. The summed E-state index contributed by atoms with van der Waals surface area (Å²) in [7, 11) is 2.14. The van der Waals surface area contributed by atoms with E-state index in [1.807, 2.05) is 30.3 Å². The van der Waals surface area contributed by atoms with Crippen LogP contribution in [0.25, 0.3) is 0 Å². The third-order valence-corrected chi connectivity index (χ3v) is 3.58. The fourth-order valence-electron chi connectivity index (χ4n) is 2.22. The Kier molecular flexibility index (Phi) is 5.36. The maximum Gasteiger partial charge on any atom is 0.221 e. The number of hydrogen-bond acceptors (Lipinski definition) is 3. The smallest absolute Gasteiger partial charge is 0.221 e. The molecule has 2 rings (SSSR count). The Bertz CT molecular complexity index is 386. The minimum atomic E-state index is 0.141. The Morgan fingerprint density at radius 2 is 1.84 bits per heavy atom. The molecule has 1 heterocycles. The van der Waals surface area contributed by atoms with Crippen molar-refractivity contribution in [3.8, 4) is 0 Å². The van der Waals surface area contributed by atoms with Crippen molar-refractivity contribution in [3.63, 3.8) is 0 Å². The van der Waals surface area contributed by atoms with Crippen molar-refractivity contribution < 1.29 is 4.79 Å². The van der Waals surface area contributed by atoms with E-state index in [2.05, 4.69) is 22.2 Å². The van der Waals surface area contributed by atoms with Crippen LogP contribution in [-0.2, 0) is 11.3 Å². The van der Waals surface area contributed by atoms with Crippen molar-refractivity contribution >= 4 is 5.91 Å². The lowest BCUT2D eigenvalue weighted by molar-refractivity contribution is -0.121. The van der Waals surface area contributed by atoms with E-state index in [-0.39, 0.29) is 5.91 Å². The summed E-state index contributed by atoms with van der Waals surface area (Å²) in [5, 5.41) is 2.97. The lowest BCUT2D eigenvalue weighted by Gasteiger charge is -2.32. The van der Waals surface area contributed by atoms with Gasteiger partial charge >= 0.3 is 0 Å². The normalized spacial score (nSPS) is 17.3. The van der Waals surface area contributed by atoms with Gasteiger partial charge in [0, 0.05) is 45.7 Å². The average molecular weight is 261 g/mol. The number of nitrogens with one attached hydrogen (secondary N) is 1. The van der Waals surface area contributed by atoms with Crippen molar-refractivity contribution in [2.45, 2.75) is 13.0 Å². The molecular weight excluding hydrogens is 238 g/mol. The van der Waals surface area contributed by atoms with E-state index in [9.17, 15) is 4.79 Å². The molecule has 1 N–H and O–H groups in total. The van der Waals surface area contributed by atoms with Gasteiger partial charge in [0.1, 0.15) is 0 Å². The molecule has 104 valence electrons. The van der Waals surface area contributed by atoms with Gasteiger partial charge in [0.05, 0.1) is 0 Å². The minimum Gasteiger partial charge on any atom is -0.352 e. The maximum atomic E-state index is 11.8. The van der Waals surface area contributed by atoms with Gasteiger partial charge < -0.3 is 15.1 Å². The standard InChI is InChI=1S/C15H23N3O/c1-17-9-11-18(12-10-17)8-7-15(19)16-13-14-5-3-2-4-6-14/h2-6H,7-13H2,1H3,(H,16,19). The molecule has 1 amide bonds. The summed E-state index contributed by atoms with van der Waals surface area (Å²) in [6.45, 7) is 5.85. The monoisotopic (exact) mass is 261 g/mol. The number of carbonyl (C=O) groups excluding carboxylic acids is 1. The second kappa shape index (κ2) is 7.26. The molecule has 1 aromatic carbocycles. The van der Waals surface area contributed by atoms with Crippen LogP contribution in [0.2, 0.25) is 0 Å². The van der Waals surface area contributed by atoms with Crippen LogP contribution in [0, 0.1) is 0 Å². The predicted octanol–water partition coefficient (Wildman–Crippen LogP) is 0.940. The SMILES string of the molecule is CN1CCN(CCC(=O)NCc2ccccc2)CC1. The summed E-state index contributed by atoms with van der Waals surface area (Å²) in [5.41, 5.74) is 1.15. The van der Waals surface area contributed by atoms with Gasteiger partial charge in [0.25, 0.3) is 0 Å². The van der Waals surface area contributed by atoms with Crippen LogP contribution in [0.15, 0.2) is 30.3 Å². The molecule has 0 radical (unpaired) electrons. The fourth-order valence-corrected chi connectivity index (χ4v) is 2.22. The molecule has 0 unspecified atom stereocenters. The molecule has 1 aromatic rings. The molecular formula is C15H23N3O. The van der Waals surface area contributed by atoms with Crippen molar-refractivity contribution in [2.24, 2.45) is 0 Å². The van der Waals surface area contributed by atoms with Gasteiger partial charge in [0.2, 0.25) is 5.91 Å². The number of rotatable bonds is 5. The first-order chi connectivity index (χ1) is 9.24. The first kappa shape index (κ1) is 14.0. The van der Waals surface area contributed by atoms with Crippen LogP contribution in [-0.4, -0.2) is 55.5 Å². The highest BCUT2D eigenvalue weighted by atomic mass is 16.1. The highest BCUT2D eigenvalue weighted by molar-refractivity contribution is 5.76. The number of benzene rings is 1. The van der Waals surface area contributed by atoms with Crippen molar-refractivity contribution in [3.05, 3.63) is 35.9 Å². The summed E-state index contributed by atoms with van der Waals surface area (Å²) in [6, 6.07) is 10.0. The quantitative estimate of drug-likeness (QED) is 0.857. The summed E-state index contributed by atoms with van der Waals surface area (Å²) >= 11 is 0. The topological polar surface area (TPSA) is 35.6 Å². The van der Waals surface area contributed by atoms with Gasteiger partial charge in [-0.25, -0.2) is 0 Å². The third-order valence-electron chi connectivity index (χ3n) is 3.58. The van der Waals surface area contributed by atoms with E-state index in [1.54, 1.807) is 0 Å². The Labute approximate surface area is 115 Å². The van der Waals surface area contributed by atoms with Gasteiger partial charge in [-0.2, -0.15) is 0 Å². The number of nitrogens with zero attached hydrogens (tertiary/aromatic N) is 2. The van der Waals surface area contributed by atoms with E-state index in [4.69, 9.17) is 0 Å². The van der Waals surface area contributed by atoms with E-state index in [0.29, 0.717) is 13.0 Å². The van der Waals surface area contributed by atoms with Crippen LogP contribution in [0.4, 0.5) is 0 Å². The molecule has 0 spiro atoms. The molecule has 0 atom stereocenters. The molecule has 1 aliphatic rings. The lowest BCUT2D eigenvalue weighted by atomic mass is 10.2. The van der Waals surface area contributed by atoms with Gasteiger partial charge in [-0.05, 0) is 12.6 Å². The summed E-state index contributed by atoms with van der Waals surface area (Å²) in [6.07, 6.45) is 0.594. The Hall–Kier alpha value is -1.39. The molecule has 0 aromatic heterocycles. The van der Waals surface area contributed by atoms with E-state index < -0.39 is 0 Å². The first-order valence-electron chi connectivity index (χ1n) is 6.95. The highest BCUT2D eigenvalue weighted by Gasteiger charge is 2.14. The molecule has 4 heteroatoms. The largest absolute Gasteiger partial charge is 0.352 e. The number of carbonyl (C=O) groups is 1. The van der Waals surface area contributed by atoms with Crippen LogP contribution < -0.4 is 5.32 Å². The number of amides is 1. The second-order valence-corrected chi connectivity index (χ2v) is 5.16. The van der Waals surface area contributed by atoms with E-state index >= 15 is 0 Å². The Balaban J connectivity index is 1.62. The zero-order valence-corrected chi connectivity index (χ0v) is 11.6. The van der Waals surface area contributed by atoms with Crippen LogP contribution in [0.5, 0.6) is 0 Å². The summed E-state index contributed by atoms with van der Waals surface area (Å²) in [5.74, 6) is 0.141. The maximum absolute atomic E-state index is 11.8. The van der Waals surface area contributed by atoms with Gasteiger partial charge in [0.15, 0.2) is 0 Å². The molecule has 0 saturated carbocycles. The van der Waals surface area contributed by atoms with Gasteiger partial charge in [-0.15, -0.1) is 0 Å². The predicted molar refractivity (Wildman–Crippen MR) is 76.8 cm³/mol. The molecule has 0 bridgehead atoms. The number of piperazine rings is 1. The Morgan fingerprint density at radius 1 is 1.16 bits per heavy atom. The van der Waals surface area contributed by atoms with Crippen LogP contribution >= 0.6 is 0 Å². The Morgan fingerprint density at radius 3 is 2.53 bits per heavy atom. The van der Waals surface area contributed by atoms with Crippen molar-refractivity contribution in [2.75, 3.05) is 39.8 Å². The minimum absolute atomic E-state index is 0.141. The first-order valence-corrected chi connectivity index (χ1v) is 6.95. The zero-order valence-electron chi connectivity index (χ0n) is 11.6. The molecule has 19 heavy (non-hydrogen) atoms. The van der Waals surface area contributed by atoms with Gasteiger partial charge in [-0.1, -0.05) is 30.3 Å². The lowest BCUT2D eigenvalue weighted by Crippen LogP contribution is -2.45. The fraction of sp³-hybridized carbons (Fsp3) is 0.533. The summed E-state index contributed by atoms with van der Waals surface area (Å²) in [4.78, 5) is 16.5. The number of hydrogen-bond donors (Lipinski definition) is 1. The average Bonchev–Trinajstić information content (AvgIpc) is 2.45. The van der Waals surface area contributed by atoms with E-state index in [1.165, 1.54) is 0 Å². The molecule has 0 aliphatic carbocycles.